The third kappa shape index (κ3) is 1.30. The summed E-state index contributed by atoms with van der Waals surface area (Å²) in [6, 6.07) is 8.70. The smallest absolute Gasteiger partial charge is 0.338 e. The van der Waals surface area contributed by atoms with Gasteiger partial charge in [-0.25, -0.2) is 4.79 Å². The molecule has 0 spiro atoms. The van der Waals surface area contributed by atoms with Gasteiger partial charge in [0, 0.05) is 12.3 Å². The molecule has 122 valence electrons. The first-order valence-corrected chi connectivity index (χ1v) is 7.87. The number of carbonyl (C=O) groups excluding carboxylic acids is 1. The minimum absolute atomic E-state index is 0.0234. The second-order valence-corrected chi connectivity index (χ2v) is 7.42. The lowest BCUT2D eigenvalue weighted by Crippen LogP contribution is -2.78. The number of rotatable bonds is 3. The molecule has 0 radical (unpaired) electrons. The van der Waals surface area contributed by atoms with Crippen molar-refractivity contribution in [3.63, 3.8) is 0 Å². The summed E-state index contributed by atoms with van der Waals surface area (Å²) in [5.74, 6) is -2.02. The fourth-order valence-corrected chi connectivity index (χ4v) is 5.26. The molecular formula is C17H18O6. The largest absolute Gasteiger partial charge is 0.461 e. The van der Waals surface area contributed by atoms with Crippen molar-refractivity contribution in [1.82, 2.24) is 0 Å². The first-order chi connectivity index (χ1) is 10.8. The SMILES string of the molecule is C[C@@]12C[C@@]3(O)OC(O1)[C@]1(COC(=O)c4ccccc4)[C@H]3C[C@@]21O. The van der Waals surface area contributed by atoms with Gasteiger partial charge in [0.05, 0.1) is 11.0 Å². The number of ether oxygens (including phenoxy) is 3. The molecule has 6 atom stereocenters. The van der Waals surface area contributed by atoms with E-state index in [9.17, 15) is 15.0 Å². The Bertz CT molecular complexity index is 706. The fourth-order valence-electron chi connectivity index (χ4n) is 5.26. The van der Waals surface area contributed by atoms with Gasteiger partial charge >= 0.3 is 5.97 Å². The Hall–Kier alpha value is -1.47. The zero-order valence-corrected chi connectivity index (χ0v) is 12.7. The van der Waals surface area contributed by atoms with E-state index in [0.717, 1.165) is 0 Å². The molecule has 3 saturated heterocycles. The van der Waals surface area contributed by atoms with Crippen LogP contribution in [0.15, 0.2) is 30.3 Å². The van der Waals surface area contributed by atoms with Crippen LogP contribution in [-0.2, 0) is 14.2 Å². The average molecular weight is 318 g/mol. The standard InChI is InChI=1S/C17H18O6/c1-14-8-16(19)11-7-17(14,20)15(11,13(22-14)23-16)9-21-12(18)10-5-3-2-4-6-10/h2-6,11,13,19-20H,7-9H2,1H3/t11-,13?,14+,15+,16-,17-/m1/s1. The van der Waals surface area contributed by atoms with Crippen LogP contribution in [0.5, 0.6) is 0 Å². The van der Waals surface area contributed by atoms with E-state index in [1.807, 2.05) is 6.07 Å². The summed E-state index contributed by atoms with van der Waals surface area (Å²) in [4.78, 5) is 12.2. The molecule has 1 aromatic rings. The molecule has 3 aliphatic heterocycles. The molecule has 3 aliphatic carbocycles. The van der Waals surface area contributed by atoms with Gasteiger partial charge in [0.1, 0.15) is 17.8 Å². The van der Waals surface area contributed by atoms with Crippen molar-refractivity contribution in [2.75, 3.05) is 6.61 Å². The Kier molecular flexibility index (Phi) is 2.29. The highest BCUT2D eigenvalue weighted by atomic mass is 16.8. The van der Waals surface area contributed by atoms with E-state index in [2.05, 4.69) is 0 Å². The Morgan fingerprint density at radius 1 is 1.30 bits per heavy atom. The van der Waals surface area contributed by atoms with Crippen LogP contribution in [0.1, 0.15) is 30.1 Å². The summed E-state index contributed by atoms with van der Waals surface area (Å²) in [6.45, 7) is 1.77. The normalized spacial score (nSPS) is 51.6. The van der Waals surface area contributed by atoms with Gasteiger partial charge in [0.25, 0.3) is 0 Å². The maximum Gasteiger partial charge on any atom is 0.338 e. The fraction of sp³-hybridized carbons (Fsp3) is 0.588. The second kappa shape index (κ2) is 3.78. The lowest BCUT2D eigenvalue weighted by Gasteiger charge is -2.65. The van der Waals surface area contributed by atoms with Gasteiger partial charge in [-0.05, 0) is 25.5 Å². The summed E-state index contributed by atoms with van der Waals surface area (Å²) in [6.07, 6.45) is -0.0932. The molecule has 6 bridgehead atoms. The van der Waals surface area contributed by atoms with Crippen molar-refractivity contribution >= 4 is 5.97 Å². The molecule has 6 fully saturated rings. The lowest BCUT2D eigenvalue weighted by atomic mass is 9.41. The Labute approximate surface area is 133 Å². The Morgan fingerprint density at radius 2 is 2.04 bits per heavy atom. The quantitative estimate of drug-likeness (QED) is 0.803. The molecule has 1 aromatic carbocycles. The van der Waals surface area contributed by atoms with Gasteiger partial charge in [0.2, 0.25) is 0 Å². The molecule has 6 nitrogen and oxygen atoms in total. The van der Waals surface area contributed by atoms with E-state index in [1.165, 1.54) is 0 Å². The van der Waals surface area contributed by atoms with E-state index in [1.54, 1.807) is 31.2 Å². The average Bonchev–Trinajstić information content (AvgIpc) is 2.70. The van der Waals surface area contributed by atoms with Crippen molar-refractivity contribution < 1.29 is 29.2 Å². The van der Waals surface area contributed by atoms with E-state index < -0.39 is 34.7 Å². The van der Waals surface area contributed by atoms with Crippen molar-refractivity contribution in [1.29, 1.82) is 0 Å². The third-order valence-electron chi connectivity index (χ3n) is 6.45. The highest BCUT2D eigenvalue weighted by molar-refractivity contribution is 5.89. The van der Waals surface area contributed by atoms with Crippen LogP contribution >= 0.6 is 0 Å². The van der Waals surface area contributed by atoms with Gasteiger partial charge in [-0.2, -0.15) is 0 Å². The summed E-state index contributed by atoms with van der Waals surface area (Å²) in [5, 5.41) is 21.8. The molecule has 3 saturated carbocycles. The van der Waals surface area contributed by atoms with Crippen molar-refractivity contribution in [2.24, 2.45) is 11.3 Å². The molecule has 3 heterocycles. The number of benzene rings is 1. The van der Waals surface area contributed by atoms with E-state index in [4.69, 9.17) is 14.2 Å². The molecule has 0 amide bonds. The number of hydrogen-bond donors (Lipinski definition) is 2. The molecule has 6 aliphatic rings. The van der Waals surface area contributed by atoms with E-state index in [0.29, 0.717) is 12.0 Å². The Morgan fingerprint density at radius 3 is 2.78 bits per heavy atom. The number of esters is 1. The number of aliphatic hydroxyl groups is 2. The minimum atomic E-state index is -1.29. The van der Waals surface area contributed by atoms with Gasteiger partial charge < -0.3 is 24.4 Å². The van der Waals surface area contributed by atoms with Crippen LogP contribution in [0.3, 0.4) is 0 Å². The molecule has 7 rings (SSSR count). The summed E-state index contributed by atoms with van der Waals surface area (Å²) in [5.41, 5.74) is -2.42. The van der Waals surface area contributed by atoms with Gasteiger partial charge in [-0.15, -0.1) is 0 Å². The van der Waals surface area contributed by atoms with Crippen molar-refractivity contribution in [3.05, 3.63) is 35.9 Å². The highest BCUT2D eigenvalue weighted by Gasteiger charge is 2.93. The van der Waals surface area contributed by atoms with Crippen molar-refractivity contribution in [3.8, 4) is 0 Å². The summed E-state index contributed by atoms with van der Waals surface area (Å²) in [7, 11) is 0. The molecule has 0 aromatic heterocycles. The summed E-state index contributed by atoms with van der Waals surface area (Å²) >= 11 is 0. The van der Waals surface area contributed by atoms with Crippen LogP contribution in [0.25, 0.3) is 0 Å². The molecular weight excluding hydrogens is 300 g/mol. The predicted molar refractivity (Wildman–Crippen MR) is 76.1 cm³/mol. The van der Waals surface area contributed by atoms with Gasteiger partial charge in [0.15, 0.2) is 12.1 Å². The first-order valence-electron chi connectivity index (χ1n) is 7.87. The number of hydrogen-bond acceptors (Lipinski definition) is 6. The Balaban J connectivity index is 1.45. The number of carbonyl (C=O) groups is 1. The molecule has 23 heavy (non-hydrogen) atoms. The minimum Gasteiger partial charge on any atom is -0.461 e. The van der Waals surface area contributed by atoms with Crippen LogP contribution in [-0.4, -0.2) is 46.1 Å². The van der Waals surface area contributed by atoms with Gasteiger partial charge in [-0.1, -0.05) is 18.2 Å². The van der Waals surface area contributed by atoms with Crippen LogP contribution in [0, 0.1) is 11.3 Å². The zero-order chi connectivity index (χ0) is 16.1. The molecule has 2 N–H and O–H groups in total. The second-order valence-electron chi connectivity index (χ2n) is 7.42. The van der Waals surface area contributed by atoms with Crippen LogP contribution < -0.4 is 0 Å². The van der Waals surface area contributed by atoms with Gasteiger partial charge in [-0.3, -0.25) is 0 Å². The monoisotopic (exact) mass is 318 g/mol. The predicted octanol–water partition coefficient (Wildman–Crippen LogP) is 0.818. The third-order valence-corrected chi connectivity index (χ3v) is 6.45. The van der Waals surface area contributed by atoms with Crippen molar-refractivity contribution in [2.45, 2.75) is 43.0 Å². The van der Waals surface area contributed by atoms with E-state index >= 15 is 0 Å². The maximum absolute atomic E-state index is 12.2. The molecule has 6 heteroatoms. The first kappa shape index (κ1) is 13.9. The van der Waals surface area contributed by atoms with E-state index in [-0.39, 0.29) is 18.9 Å². The zero-order valence-electron chi connectivity index (χ0n) is 12.7. The highest BCUT2D eigenvalue weighted by Crippen LogP contribution is 2.80. The maximum atomic E-state index is 12.2. The lowest BCUT2D eigenvalue weighted by molar-refractivity contribution is -0.384. The molecule has 1 unspecified atom stereocenters. The topological polar surface area (TPSA) is 85.2 Å². The van der Waals surface area contributed by atoms with Crippen LogP contribution in [0.4, 0.5) is 0 Å². The summed E-state index contributed by atoms with van der Waals surface area (Å²) < 4.78 is 17.0. The van der Waals surface area contributed by atoms with Crippen LogP contribution in [0.2, 0.25) is 0 Å².